The van der Waals surface area contributed by atoms with Crippen LogP contribution in [-0.2, 0) is 25.8 Å². The van der Waals surface area contributed by atoms with Crippen LogP contribution >= 0.6 is 6.49 Å². The molecule has 0 saturated carbocycles. The van der Waals surface area contributed by atoms with E-state index in [1.165, 1.54) is 17.1 Å². The van der Waals surface area contributed by atoms with E-state index in [1.54, 1.807) is 6.07 Å². The van der Waals surface area contributed by atoms with Crippen LogP contribution in [0.15, 0.2) is 23.4 Å². The van der Waals surface area contributed by atoms with Crippen LogP contribution in [0.3, 0.4) is 0 Å². The third kappa shape index (κ3) is 4.44. The SMILES string of the molecule is Nc1nc2c(nnn2[C@@H]2OC(CO)C[C@H]2P(O)(=S)OCC2O[C@@H](n3ccc4c(N)ncnc43)[C@@H](F)[C@@H]2O)c(=O)[nH]1. The van der Waals surface area contributed by atoms with Crippen molar-refractivity contribution in [3.63, 3.8) is 0 Å². The second-order valence-corrected chi connectivity index (χ2v) is 13.0. The number of anilines is 2. The molecule has 40 heavy (non-hydrogen) atoms. The second-order valence-electron chi connectivity index (χ2n) is 9.37. The lowest BCUT2D eigenvalue weighted by Gasteiger charge is -2.27. The van der Waals surface area contributed by atoms with Crippen LogP contribution < -0.4 is 17.0 Å². The Balaban J connectivity index is 1.22. The lowest BCUT2D eigenvalue weighted by atomic mass is 10.1. The number of nitrogen functional groups attached to an aromatic ring is 2. The molecule has 214 valence electrons. The summed E-state index contributed by atoms with van der Waals surface area (Å²) in [6.45, 7) is -4.67. The second kappa shape index (κ2) is 10.0. The van der Waals surface area contributed by atoms with Gasteiger partial charge >= 0.3 is 0 Å². The van der Waals surface area contributed by atoms with Crippen LogP contribution in [0.5, 0.6) is 0 Å². The quantitative estimate of drug-likeness (QED) is 0.135. The normalized spacial score (nSPS) is 30.4. The predicted molar refractivity (Wildman–Crippen MR) is 139 cm³/mol. The van der Waals surface area contributed by atoms with E-state index in [9.17, 15) is 19.9 Å². The highest BCUT2D eigenvalue weighted by molar-refractivity contribution is 8.09. The highest BCUT2D eigenvalue weighted by atomic mass is 32.5. The van der Waals surface area contributed by atoms with E-state index in [4.69, 9.17) is 37.3 Å². The van der Waals surface area contributed by atoms with E-state index in [0.29, 0.717) is 11.0 Å². The molecular formula is C20H24FN10O7PS. The van der Waals surface area contributed by atoms with Crippen molar-refractivity contribution in [3.05, 3.63) is 28.9 Å². The molecular weight excluding hydrogens is 574 g/mol. The Hall–Kier alpha value is -3.16. The maximum absolute atomic E-state index is 15.2. The summed E-state index contributed by atoms with van der Waals surface area (Å²) < 4.78 is 35.0. The van der Waals surface area contributed by atoms with Gasteiger partial charge in [-0.15, -0.1) is 5.10 Å². The molecule has 20 heteroatoms. The van der Waals surface area contributed by atoms with E-state index in [2.05, 4.69) is 30.2 Å². The van der Waals surface area contributed by atoms with Gasteiger partial charge in [0.1, 0.15) is 30.0 Å². The zero-order chi connectivity index (χ0) is 28.3. The van der Waals surface area contributed by atoms with Gasteiger partial charge in [0.2, 0.25) is 5.95 Å². The molecule has 0 bridgehead atoms. The summed E-state index contributed by atoms with van der Waals surface area (Å²) in [5.41, 5.74) is 10.1. The Morgan fingerprint density at radius 1 is 1.27 bits per heavy atom. The number of alkyl halides is 1. The van der Waals surface area contributed by atoms with E-state index in [1.807, 2.05) is 0 Å². The monoisotopic (exact) mass is 598 g/mol. The predicted octanol–water partition coefficient (Wildman–Crippen LogP) is -1.31. The van der Waals surface area contributed by atoms with Crippen LogP contribution in [0.1, 0.15) is 18.9 Å². The zero-order valence-electron chi connectivity index (χ0n) is 20.4. The number of hydrogen-bond donors (Lipinski definition) is 6. The number of nitrogens with zero attached hydrogens (tertiary/aromatic N) is 7. The number of nitrogens with one attached hydrogen (secondary N) is 1. The first kappa shape index (κ1) is 27.0. The highest BCUT2D eigenvalue weighted by Crippen LogP contribution is 2.57. The molecule has 6 rings (SSSR count). The van der Waals surface area contributed by atoms with Crippen molar-refractivity contribution in [1.82, 2.24) is 39.5 Å². The summed E-state index contributed by atoms with van der Waals surface area (Å²) in [6.07, 6.45) is -5.01. The first-order chi connectivity index (χ1) is 19.1. The molecule has 0 aliphatic carbocycles. The molecule has 2 aliphatic heterocycles. The standard InChI is InChI=1S/C20H24FN10O7PS/c21-11-13(33)9(38-19(11)30-2-1-8-14(22)24-6-25-15(8)30)5-36-39(35,40)10-3-7(4-32)37-18(10)31-16-12(28-29-31)17(34)27-20(23)26-16/h1-2,6-7,9-11,13,18-19,32-33H,3-5H2,(H,35,40)(H2,22,24,25)(H3,23,26,27,34)/t7?,9?,10-,11+,13-,18-,19-,39?/m1/s1. The highest BCUT2D eigenvalue weighted by Gasteiger charge is 2.49. The van der Waals surface area contributed by atoms with Gasteiger partial charge in [-0.05, 0) is 24.3 Å². The summed E-state index contributed by atoms with van der Waals surface area (Å²) in [5.74, 6) is 0.0111. The molecule has 0 aromatic carbocycles. The average molecular weight is 599 g/mol. The third-order valence-corrected chi connectivity index (χ3v) is 9.87. The molecule has 2 fully saturated rings. The van der Waals surface area contributed by atoms with Crippen LogP contribution in [0, 0.1) is 0 Å². The van der Waals surface area contributed by atoms with Crippen molar-refractivity contribution in [1.29, 1.82) is 0 Å². The van der Waals surface area contributed by atoms with Gasteiger partial charge in [-0.3, -0.25) is 9.78 Å². The Labute approximate surface area is 228 Å². The molecule has 2 aliphatic rings. The van der Waals surface area contributed by atoms with Gasteiger partial charge in [0.05, 0.1) is 30.4 Å². The number of aliphatic hydroxyl groups is 2. The van der Waals surface area contributed by atoms with Gasteiger partial charge in [-0.2, -0.15) is 9.67 Å². The molecule has 3 unspecified atom stereocenters. The number of nitrogens with two attached hydrogens (primary N) is 2. The van der Waals surface area contributed by atoms with E-state index >= 15 is 4.39 Å². The van der Waals surface area contributed by atoms with Crippen LogP contribution in [0.25, 0.3) is 22.2 Å². The van der Waals surface area contributed by atoms with E-state index in [0.717, 1.165) is 4.68 Å². The van der Waals surface area contributed by atoms with Crippen LogP contribution in [0.4, 0.5) is 16.2 Å². The largest absolute Gasteiger partial charge is 0.394 e. The molecule has 4 aromatic rings. The number of aliphatic hydroxyl groups excluding tert-OH is 2. The van der Waals surface area contributed by atoms with Crippen molar-refractivity contribution < 1.29 is 33.5 Å². The van der Waals surface area contributed by atoms with Crippen molar-refractivity contribution in [2.45, 2.75) is 49.0 Å². The minimum absolute atomic E-state index is 0.0223. The number of H-pyrrole nitrogens is 1. The van der Waals surface area contributed by atoms with Gasteiger partial charge in [0, 0.05) is 6.20 Å². The number of halogens is 1. The van der Waals surface area contributed by atoms with Gasteiger partial charge < -0.3 is 45.1 Å². The minimum Gasteiger partial charge on any atom is -0.394 e. The number of rotatable bonds is 7. The topological polar surface area (TPSA) is 248 Å². The molecule has 4 aromatic heterocycles. The maximum atomic E-state index is 15.2. The zero-order valence-corrected chi connectivity index (χ0v) is 22.1. The lowest BCUT2D eigenvalue weighted by Crippen LogP contribution is -2.32. The number of aromatic amines is 1. The molecule has 17 nitrogen and oxygen atoms in total. The maximum Gasteiger partial charge on any atom is 0.282 e. The average Bonchev–Trinajstić information content (AvgIpc) is 3.69. The van der Waals surface area contributed by atoms with Gasteiger partial charge in [0.15, 0.2) is 36.3 Å². The van der Waals surface area contributed by atoms with E-state index in [-0.39, 0.29) is 29.4 Å². The first-order valence-electron chi connectivity index (χ1n) is 12.0. The van der Waals surface area contributed by atoms with Crippen molar-refractivity contribution >= 4 is 52.3 Å². The molecule has 8 N–H and O–H groups in total. The molecule has 0 spiro atoms. The van der Waals surface area contributed by atoms with E-state index < -0.39 is 67.9 Å². The molecule has 0 amide bonds. The van der Waals surface area contributed by atoms with Crippen molar-refractivity contribution in [3.8, 4) is 0 Å². The Morgan fingerprint density at radius 3 is 2.85 bits per heavy atom. The smallest absolute Gasteiger partial charge is 0.282 e. The summed E-state index contributed by atoms with van der Waals surface area (Å²) in [5, 5.41) is 28.5. The summed E-state index contributed by atoms with van der Waals surface area (Å²) in [4.78, 5) is 37.9. The Morgan fingerprint density at radius 2 is 2.08 bits per heavy atom. The molecule has 2 saturated heterocycles. The number of hydrogen-bond acceptors (Lipinski definition) is 14. The fourth-order valence-corrected chi connectivity index (χ4v) is 7.25. The minimum atomic E-state index is -3.81. The third-order valence-electron chi connectivity index (χ3n) is 6.91. The first-order valence-corrected chi connectivity index (χ1v) is 14.7. The summed E-state index contributed by atoms with van der Waals surface area (Å²) >= 11 is 5.46. The fraction of sp³-hybridized carbons (Fsp3) is 0.500. The number of ether oxygens (including phenoxy) is 2. The van der Waals surface area contributed by atoms with Crippen LogP contribution in [-0.4, -0.2) is 98.0 Å². The number of aromatic nitrogens is 8. The van der Waals surface area contributed by atoms with Gasteiger partial charge in [0.25, 0.3) is 5.56 Å². The lowest BCUT2D eigenvalue weighted by molar-refractivity contribution is -0.0426. The molecule has 0 radical (unpaired) electrons. The Bertz CT molecular complexity index is 1680. The number of fused-ring (bicyclic) bond motifs is 2. The summed E-state index contributed by atoms with van der Waals surface area (Å²) in [7, 11) is 0. The fourth-order valence-electron chi connectivity index (χ4n) is 4.93. The molecule has 6 heterocycles. The van der Waals surface area contributed by atoms with Crippen molar-refractivity contribution in [2.75, 3.05) is 24.7 Å². The van der Waals surface area contributed by atoms with Crippen molar-refractivity contribution in [2.24, 2.45) is 0 Å². The van der Waals surface area contributed by atoms with Gasteiger partial charge in [-0.25, -0.2) is 14.4 Å². The Kier molecular flexibility index (Phi) is 6.78. The van der Waals surface area contributed by atoms with Crippen LogP contribution in [0.2, 0.25) is 0 Å². The summed E-state index contributed by atoms with van der Waals surface area (Å²) in [6, 6.07) is 1.60. The molecule has 8 atom stereocenters. The van der Waals surface area contributed by atoms with Gasteiger partial charge in [-0.1, -0.05) is 5.21 Å².